The lowest BCUT2D eigenvalue weighted by Crippen LogP contribution is -2.02. The summed E-state index contributed by atoms with van der Waals surface area (Å²) in [4.78, 5) is 11.8. The van der Waals surface area contributed by atoms with E-state index in [0.29, 0.717) is 5.92 Å². The van der Waals surface area contributed by atoms with Gasteiger partial charge in [0.15, 0.2) is 0 Å². The Hall–Kier alpha value is -1.05. The van der Waals surface area contributed by atoms with Crippen LogP contribution in [-0.4, -0.2) is 5.97 Å². The van der Waals surface area contributed by atoms with Crippen LogP contribution in [0.3, 0.4) is 0 Å². The van der Waals surface area contributed by atoms with Gasteiger partial charge in [0.05, 0.1) is 0 Å². The Kier molecular flexibility index (Phi) is 4.78. The molecule has 0 radical (unpaired) electrons. The van der Waals surface area contributed by atoms with Crippen molar-refractivity contribution in [2.75, 3.05) is 0 Å². The number of hydrogen-bond acceptors (Lipinski definition) is 2. The molecule has 0 aromatic rings. The van der Waals surface area contributed by atoms with Crippen molar-refractivity contribution in [2.45, 2.75) is 53.4 Å². The van der Waals surface area contributed by atoms with E-state index < -0.39 is 0 Å². The largest absolute Gasteiger partial charge is 0.423 e. The Balaban J connectivity index is 3.00. The molecule has 0 aromatic heterocycles. The molecule has 0 amide bonds. The lowest BCUT2D eigenvalue weighted by atomic mass is 9.96. The van der Waals surface area contributed by atoms with Crippen LogP contribution in [0.1, 0.15) is 53.4 Å². The molecule has 1 rings (SSSR count). The zero-order chi connectivity index (χ0) is 12.1. The number of hydrogen-bond donors (Lipinski definition) is 0. The third-order valence-corrected chi connectivity index (χ3v) is 2.61. The molecule has 16 heavy (non-hydrogen) atoms. The van der Waals surface area contributed by atoms with Crippen molar-refractivity contribution >= 4 is 5.97 Å². The fourth-order valence-corrected chi connectivity index (χ4v) is 1.98. The van der Waals surface area contributed by atoms with Gasteiger partial charge in [0, 0.05) is 11.1 Å². The highest BCUT2D eigenvalue weighted by atomic mass is 16.5. The van der Waals surface area contributed by atoms with Crippen LogP contribution in [0.15, 0.2) is 23.0 Å². The average Bonchev–Trinajstić information content (AvgIpc) is 2.47. The molecule has 0 saturated carbocycles. The standard InChI is InChI=1S/C14H22O2/c1-5-7-11-12(9-10(3)4)14(15)16-13(11)8-6-2/h8,10H,5-7,9H2,1-4H3/b13-8-. The SMILES string of the molecule is CC/C=C1\OC(=O)C(CC(C)C)=C1CCC. The van der Waals surface area contributed by atoms with Gasteiger partial charge in [-0.2, -0.15) is 0 Å². The van der Waals surface area contributed by atoms with Gasteiger partial charge in [-0.05, 0) is 31.3 Å². The second-order valence-corrected chi connectivity index (χ2v) is 4.67. The number of esters is 1. The summed E-state index contributed by atoms with van der Waals surface area (Å²) in [5.41, 5.74) is 2.04. The van der Waals surface area contributed by atoms with E-state index in [1.807, 2.05) is 6.08 Å². The van der Waals surface area contributed by atoms with Gasteiger partial charge in [0.1, 0.15) is 5.76 Å². The first-order chi connectivity index (χ1) is 7.60. The maximum Gasteiger partial charge on any atom is 0.339 e. The van der Waals surface area contributed by atoms with Crippen molar-refractivity contribution in [1.29, 1.82) is 0 Å². The predicted molar refractivity (Wildman–Crippen MR) is 65.9 cm³/mol. The minimum absolute atomic E-state index is 0.128. The van der Waals surface area contributed by atoms with Crippen LogP contribution in [0.2, 0.25) is 0 Å². The molecule has 2 heteroatoms. The van der Waals surface area contributed by atoms with Gasteiger partial charge < -0.3 is 4.74 Å². The van der Waals surface area contributed by atoms with E-state index in [-0.39, 0.29) is 5.97 Å². The molecule has 0 fully saturated rings. The molecule has 0 unspecified atom stereocenters. The van der Waals surface area contributed by atoms with Crippen LogP contribution in [-0.2, 0) is 9.53 Å². The quantitative estimate of drug-likeness (QED) is 0.658. The first-order valence-electron chi connectivity index (χ1n) is 6.24. The van der Waals surface area contributed by atoms with Crippen LogP contribution >= 0.6 is 0 Å². The van der Waals surface area contributed by atoms with E-state index in [9.17, 15) is 4.79 Å². The lowest BCUT2D eigenvalue weighted by Gasteiger charge is -2.05. The molecule has 1 heterocycles. The van der Waals surface area contributed by atoms with Gasteiger partial charge in [-0.3, -0.25) is 0 Å². The smallest absolute Gasteiger partial charge is 0.339 e. The van der Waals surface area contributed by atoms with Crippen LogP contribution in [0.5, 0.6) is 0 Å². The van der Waals surface area contributed by atoms with Crippen molar-refractivity contribution in [1.82, 2.24) is 0 Å². The monoisotopic (exact) mass is 222 g/mol. The van der Waals surface area contributed by atoms with Crippen LogP contribution in [0.25, 0.3) is 0 Å². The summed E-state index contributed by atoms with van der Waals surface area (Å²) in [5.74, 6) is 1.18. The van der Waals surface area contributed by atoms with Crippen molar-refractivity contribution < 1.29 is 9.53 Å². The zero-order valence-corrected chi connectivity index (χ0v) is 10.8. The van der Waals surface area contributed by atoms with Crippen molar-refractivity contribution in [2.24, 2.45) is 5.92 Å². The predicted octanol–water partition coefficient (Wildman–Crippen LogP) is 3.98. The molecule has 0 N–H and O–H groups in total. The summed E-state index contributed by atoms with van der Waals surface area (Å²) in [7, 11) is 0. The first-order valence-corrected chi connectivity index (χ1v) is 6.24. The second-order valence-electron chi connectivity index (χ2n) is 4.67. The lowest BCUT2D eigenvalue weighted by molar-refractivity contribution is -0.133. The van der Waals surface area contributed by atoms with E-state index in [0.717, 1.165) is 42.6 Å². The maximum atomic E-state index is 11.8. The molecule has 1 aliphatic heterocycles. The summed E-state index contributed by atoms with van der Waals surface area (Å²) >= 11 is 0. The summed E-state index contributed by atoms with van der Waals surface area (Å²) in [6.07, 6.45) is 5.74. The van der Waals surface area contributed by atoms with Gasteiger partial charge in [-0.1, -0.05) is 34.1 Å². The Morgan fingerprint density at radius 3 is 2.44 bits per heavy atom. The van der Waals surface area contributed by atoms with E-state index in [1.54, 1.807) is 0 Å². The van der Waals surface area contributed by atoms with Crippen LogP contribution in [0, 0.1) is 5.92 Å². The molecule has 0 aromatic carbocycles. The topological polar surface area (TPSA) is 26.3 Å². The number of cyclic esters (lactones) is 1. The third-order valence-electron chi connectivity index (χ3n) is 2.61. The average molecular weight is 222 g/mol. The highest BCUT2D eigenvalue weighted by Crippen LogP contribution is 2.33. The number of allylic oxidation sites excluding steroid dienone is 2. The zero-order valence-electron chi connectivity index (χ0n) is 10.8. The van der Waals surface area contributed by atoms with Crippen molar-refractivity contribution in [3.63, 3.8) is 0 Å². The molecular formula is C14H22O2. The third kappa shape index (κ3) is 2.97. The van der Waals surface area contributed by atoms with E-state index in [1.165, 1.54) is 0 Å². The van der Waals surface area contributed by atoms with Crippen molar-refractivity contribution in [3.8, 4) is 0 Å². The molecule has 90 valence electrons. The van der Waals surface area contributed by atoms with E-state index >= 15 is 0 Å². The second kappa shape index (κ2) is 5.88. The van der Waals surface area contributed by atoms with Crippen LogP contribution in [0.4, 0.5) is 0 Å². The molecule has 0 aliphatic carbocycles. The molecule has 0 saturated heterocycles. The fraction of sp³-hybridized carbons (Fsp3) is 0.643. The minimum Gasteiger partial charge on any atom is -0.423 e. The molecule has 2 nitrogen and oxygen atoms in total. The summed E-state index contributed by atoms with van der Waals surface area (Å²) < 4.78 is 5.33. The van der Waals surface area contributed by atoms with E-state index in [2.05, 4.69) is 27.7 Å². The van der Waals surface area contributed by atoms with Gasteiger partial charge in [0.25, 0.3) is 0 Å². The van der Waals surface area contributed by atoms with Gasteiger partial charge in [-0.25, -0.2) is 4.79 Å². The molecule has 0 spiro atoms. The molecule has 1 aliphatic rings. The number of rotatable bonds is 5. The number of ether oxygens (including phenoxy) is 1. The molecule has 0 bridgehead atoms. The van der Waals surface area contributed by atoms with Crippen molar-refractivity contribution in [3.05, 3.63) is 23.0 Å². The Morgan fingerprint density at radius 2 is 1.94 bits per heavy atom. The minimum atomic E-state index is -0.128. The fourth-order valence-electron chi connectivity index (χ4n) is 1.98. The Labute approximate surface area is 98.4 Å². The van der Waals surface area contributed by atoms with Gasteiger partial charge in [-0.15, -0.1) is 0 Å². The molecular weight excluding hydrogens is 200 g/mol. The summed E-state index contributed by atoms with van der Waals surface area (Å²) in [6.45, 7) is 8.45. The highest BCUT2D eigenvalue weighted by Gasteiger charge is 2.28. The Bertz CT molecular complexity index is 322. The Morgan fingerprint density at radius 1 is 1.25 bits per heavy atom. The first kappa shape index (κ1) is 13.0. The number of carbonyl (C=O) groups excluding carboxylic acids is 1. The summed E-state index contributed by atoms with van der Waals surface area (Å²) in [5, 5.41) is 0. The van der Waals surface area contributed by atoms with Gasteiger partial charge in [0.2, 0.25) is 0 Å². The van der Waals surface area contributed by atoms with Gasteiger partial charge >= 0.3 is 5.97 Å². The number of carbonyl (C=O) groups is 1. The van der Waals surface area contributed by atoms with Crippen LogP contribution < -0.4 is 0 Å². The normalized spacial score (nSPS) is 18.8. The maximum absolute atomic E-state index is 11.8. The highest BCUT2D eigenvalue weighted by molar-refractivity contribution is 5.94. The molecule has 0 atom stereocenters. The summed E-state index contributed by atoms with van der Waals surface area (Å²) in [6, 6.07) is 0. The van der Waals surface area contributed by atoms with E-state index in [4.69, 9.17) is 4.74 Å².